The maximum atomic E-state index is 12.9. The lowest BCUT2D eigenvalue weighted by Crippen LogP contribution is -2.37. The van der Waals surface area contributed by atoms with Gasteiger partial charge in [-0.2, -0.15) is 0 Å². The number of nitrogens with one attached hydrogen (secondary N) is 2. The number of sulfonamides is 1. The lowest BCUT2D eigenvalue weighted by molar-refractivity contribution is 0.0950. The molecule has 0 bridgehead atoms. The van der Waals surface area contributed by atoms with E-state index >= 15 is 0 Å². The summed E-state index contributed by atoms with van der Waals surface area (Å²) in [5.41, 5.74) is 0.788. The molecule has 7 nitrogen and oxygen atoms in total. The van der Waals surface area contributed by atoms with Gasteiger partial charge in [-0.05, 0) is 56.4 Å². The van der Waals surface area contributed by atoms with Crippen LogP contribution in [0.4, 0.5) is 5.69 Å². The van der Waals surface area contributed by atoms with Crippen LogP contribution in [0.3, 0.4) is 0 Å². The molecule has 154 valence electrons. The van der Waals surface area contributed by atoms with Gasteiger partial charge in [0.25, 0.3) is 15.9 Å². The molecule has 0 spiro atoms. The molecule has 0 aliphatic rings. The van der Waals surface area contributed by atoms with Crippen molar-refractivity contribution in [1.29, 1.82) is 0 Å². The Bertz CT molecular complexity index is 888. The Morgan fingerprint density at radius 2 is 1.82 bits per heavy atom. The van der Waals surface area contributed by atoms with E-state index in [9.17, 15) is 13.2 Å². The van der Waals surface area contributed by atoms with Gasteiger partial charge in [0.05, 0.1) is 17.7 Å². The molecule has 0 aromatic heterocycles. The largest absolute Gasteiger partial charge is 0.497 e. The van der Waals surface area contributed by atoms with Crippen LogP contribution in [-0.2, 0) is 10.0 Å². The van der Waals surface area contributed by atoms with E-state index in [-0.39, 0.29) is 29.3 Å². The number of rotatable bonds is 8. The molecule has 0 saturated heterocycles. The van der Waals surface area contributed by atoms with E-state index in [1.807, 2.05) is 6.92 Å². The standard InChI is InChI=1S/C19H25N3O4S.ClH/c1-14(20-2)13-21-19(23)15-6-5-7-18(12-15)27(24,25)22(3)16-8-10-17(26-4)11-9-16;/h5-12,14,20H,13H2,1-4H3,(H,21,23);1H. The van der Waals surface area contributed by atoms with Crippen molar-refractivity contribution in [3.8, 4) is 5.75 Å². The number of nitrogens with zero attached hydrogens (tertiary/aromatic N) is 1. The first-order valence-corrected chi connectivity index (χ1v) is 9.92. The van der Waals surface area contributed by atoms with Gasteiger partial charge in [0.15, 0.2) is 0 Å². The highest BCUT2D eigenvalue weighted by Crippen LogP contribution is 2.24. The molecule has 1 amide bonds. The number of methoxy groups -OCH3 is 1. The summed E-state index contributed by atoms with van der Waals surface area (Å²) in [6, 6.07) is 12.8. The molecule has 0 fully saturated rings. The SMILES string of the molecule is CNC(C)CNC(=O)c1cccc(S(=O)(=O)N(C)c2ccc(OC)cc2)c1.Cl. The zero-order chi connectivity index (χ0) is 20.0. The zero-order valence-electron chi connectivity index (χ0n) is 16.3. The van der Waals surface area contributed by atoms with Gasteiger partial charge in [-0.15, -0.1) is 12.4 Å². The Balaban J connectivity index is 0.00000392. The van der Waals surface area contributed by atoms with Gasteiger partial charge in [-0.3, -0.25) is 9.10 Å². The van der Waals surface area contributed by atoms with Crippen molar-refractivity contribution in [2.24, 2.45) is 0 Å². The first kappa shape index (κ1) is 23.7. The third kappa shape index (κ3) is 5.60. The summed E-state index contributed by atoms with van der Waals surface area (Å²) in [6.07, 6.45) is 0. The van der Waals surface area contributed by atoms with Crippen molar-refractivity contribution >= 4 is 34.0 Å². The predicted molar refractivity (Wildman–Crippen MR) is 113 cm³/mol. The quantitative estimate of drug-likeness (QED) is 0.674. The van der Waals surface area contributed by atoms with Crippen molar-refractivity contribution in [2.75, 3.05) is 32.1 Å². The van der Waals surface area contributed by atoms with Crippen LogP contribution in [0.1, 0.15) is 17.3 Å². The van der Waals surface area contributed by atoms with Crippen LogP contribution in [0.2, 0.25) is 0 Å². The fraction of sp³-hybridized carbons (Fsp3) is 0.316. The third-order valence-corrected chi connectivity index (χ3v) is 6.03. The van der Waals surface area contributed by atoms with E-state index in [1.165, 1.54) is 23.5 Å². The van der Waals surface area contributed by atoms with Crippen LogP contribution in [0.25, 0.3) is 0 Å². The molecule has 2 aromatic carbocycles. The monoisotopic (exact) mass is 427 g/mol. The van der Waals surface area contributed by atoms with E-state index in [0.29, 0.717) is 23.5 Å². The smallest absolute Gasteiger partial charge is 0.264 e. The van der Waals surface area contributed by atoms with Crippen molar-refractivity contribution in [1.82, 2.24) is 10.6 Å². The number of benzene rings is 2. The normalized spacial score (nSPS) is 11.9. The number of carbonyl (C=O) groups excluding carboxylic acids is 1. The highest BCUT2D eigenvalue weighted by Gasteiger charge is 2.22. The molecular formula is C19H26ClN3O4S. The van der Waals surface area contributed by atoms with Crippen LogP contribution < -0.4 is 19.7 Å². The molecule has 9 heteroatoms. The van der Waals surface area contributed by atoms with E-state index in [2.05, 4.69) is 10.6 Å². The number of likely N-dealkylation sites (N-methyl/N-ethyl adjacent to an activating group) is 1. The fourth-order valence-electron chi connectivity index (χ4n) is 2.34. The van der Waals surface area contributed by atoms with Crippen LogP contribution in [0.15, 0.2) is 53.4 Å². The molecule has 1 atom stereocenters. The molecular weight excluding hydrogens is 402 g/mol. The Labute approximate surface area is 172 Å². The van der Waals surface area contributed by atoms with Crippen molar-refractivity contribution < 1.29 is 17.9 Å². The zero-order valence-corrected chi connectivity index (χ0v) is 17.9. The maximum Gasteiger partial charge on any atom is 0.264 e. The average molecular weight is 428 g/mol. The highest BCUT2D eigenvalue weighted by atomic mass is 35.5. The van der Waals surface area contributed by atoms with Crippen LogP contribution in [0.5, 0.6) is 5.75 Å². The molecule has 28 heavy (non-hydrogen) atoms. The Kier molecular flexibility index (Phi) is 8.74. The summed E-state index contributed by atoms with van der Waals surface area (Å²) < 4.78 is 32.1. The fourth-order valence-corrected chi connectivity index (χ4v) is 3.58. The van der Waals surface area contributed by atoms with Gasteiger partial charge in [0.1, 0.15) is 5.75 Å². The number of anilines is 1. The molecule has 1 unspecified atom stereocenters. The van der Waals surface area contributed by atoms with Gasteiger partial charge in [0, 0.05) is 25.2 Å². The minimum Gasteiger partial charge on any atom is -0.497 e. The minimum atomic E-state index is -3.80. The van der Waals surface area contributed by atoms with Gasteiger partial charge in [-0.25, -0.2) is 8.42 Å². The number of hydrogen-bond acceptors (Lipinski definition) is 5. The number of ether oxygens (including phenoxy) is 1. The van der Waals surface area contributed by atoms with Crippen molar-refractivity contribution in [3.05, 3.63) is 54.1 Å². The van der Waals surface area contributed by atoms with E-state index < -0.39 is 10.0 Å². The van der Waals surface area contributed by atoms with Gasteiger partial charge in [-0.1, -0.05) is 6.07 Å². The molecule has 0 aliphatic carbocycles. The van der Waals surface area contributed by atoms with Crippen molar-refractivity contribution in [2.45, 2.75) is 17.9 Å². The van der Waals surface area contributed by atoms with Crippen molar-refractivity contribution in [3.63, 3.8) is 0 Å². The van der Waals surface area contributed by atoms with E-state index in [1.54, 1.807) is 50.6 Å². The molecule has 0 saturated carbocycles. The van der Waals surface area contributed by atoms with Crippen LogP contribution in [-0.4, -0.2) is 48.1 Å². The first-order chi connectivity index (χ1) is 12.8. The number of halogens is 1. The first-order valence-electron chi connectivity index (χ1n) is 8.48. The minimum absolute atomic E-state index is 0. The van der Waals surface area contributed by atoms with Gasteiger partial charge >= 0.3 is 0 Å². The second kappa shape index (κ2) is 10.3. The van der Waals surface area contributed by atoms with Crippen LogP contribution >= 0.6 is 12.4 Å². The summed E-state index contributed by atoms with van der Waals surface area (Å²) >= 11 is 0. The lowest BCUT2D eigenvalue weighted by Gasteiger charge is -2.20. The Morgan fingerprint density at radius 3 is 2.39 bits per heavy atom. The predicted octanol–water partition coefficient (Wildman–Crippen LogP) is 2.28. The second-order valence-electron chi connectivity index (χ2n) is 6.10. The highest BCUT2D eigenvalue weighted by molar-refractivity contribution is 7.92. The average Bonchev–Trinajstić information content (AvgIpc) is 2.71. The van der Waals surface area contributed by atoms with Gasteiger partial charge in [0.2, 0.25) is 0 Å². The molecule has 2 rings (SSSR count). The molecule has 0 radical (unpaired) electrons. The summed E-state index contributed by atoms with van der Waals surface area (Å²) in [7, 11) is 1.02. The van der Waals surface area contributed by atoms with Gasteiger partial charge < -0.3 is 15.4 Å². The third-order valence-electron chi connectivity index (χ3n) is 4.25. The number of amides is 1. The summed E-state index contributed by atoms with van der Waals surface area (Å²) in [6.45, 7) is 2.38. The second-order valence-corrected chi connectivity index (χ2v) is 8.07. The Hall–Kier alpha value is -2.29. The Morgan fingerprint density at radius 1 is 1.18 bits per heavy atom. The topological polar surface area (TPSA) is 87.7 Å². The molecule has 0 heterocycles. The summed E-state index contributed by atoms with van der Waals surface area (Å²) in [5.74, 6) is 0.320. The number of carbonyl (C=O) groups is 1. The van der Waals surface area contributed by atoms with Crippen LogP contribution in [0, 0.1) is 0 Å². The maximum absolute atomic E-state index is 12.9. The summed E-state index contributed by atoms with van der Waals surface area (Å²) in [4.78, 5) is 12.3. The molecule has 2 N–H and O–H groups in total. The molecule has 0 aliphatic heterocycles. The van der Waals surface area contributed by atoms with E-state index in [4.69, 9.17) is 4.74 Å². The van der Waals surface area contributed by atoms with E-state index in [0.717, 1.165) is 0 Å². The number of hydrogen-bond donors (Lipinski definition) is 2. The summed E-state index contributed by atoms with van der Waals surface area (Å²) in [5, 5.41) is 5.80. The molecule has 2 aromatic rings. The lowest BCUT2D eigenvalue weighted by atomic mass is 10.2.